The number of ether oxygens (including phenoxy) is 2. The first-order valence-corrected chi connectivity index (χ1v) is 11.7. The van der Waals surface area contributed by atoms with Crippen molar-refractivity contribution < 1.29 is 19.1 Å². The van der Waals surface area contributed by atoms with Gasteiger partial charge in [0.1, 0.15) is 17.5 Å². The minimum absolute atomic E-state index is 0.0419. The van der Waals surface area contributed by atoms with Crippen molar-refractivity contribution in [3.63, 3.8) is 0 Å². The molecule has 2 atom stereocenters. The molecule has 0 saturated heterocycles. The molecule has 6 heteroatoms. The summed E-state index contributed by atoms with van der Waals surface area (Å²) in [5.74, 6) is 1.43. The number of rotatable bonds is 12. The third-order valence-corrected chi connectivity index (χ3v) is 5.81. The molecule has 0 unspecified atom stereocenters. The Kier molecular flexibility index (Phi) is 10.2. The first-order chi connectivity index (χ1) is 15.8. The normalized spacial score (nSPS) is 12.7. The smallest absolute Gasteiger partial charge is 0.261 e. The molecule has 0 aliphatic heterocycles. The second kappa shape index (κ2) is 12.9. The van der Waals surface area contributed by atoms with Crippen molar-refractivity contribution in [2.45, 2.75) is 72.0 Å². The Labute approximate surface area is 198 Å². The largest absolute Gasteiger partial charge is 0.497 e. The minimum Gasteiger partial charge on any atom is -0.497 e. The number of nitrogens with zero attached hydrogens (tertiary/aromatic N) is 1. The molecule has 0 radical (unpaired) electrons. The summed E-state index contributed by atoms with van der Waals surface area (Å²) in [6.07, 6.45) is 1.33. The SMILES string of the molecule is CC[C@@H](C)NC(=O)[C@H](CC)N(Cc1ccc(OC)cc1)C(=O)COc1ccc(C(C)C)cc1. The highest BCUT2D eigenvalue weighted by Gasteiger charge is 2.29. The van der Waals surface area contributed by atoms with Gasteiger partial charge < -0.3 is 19.7 Å². The molecule has 0 fully saturated rings. The molecule has 0 bridgehead atoms. The van der Waals surface area contributed by atoms with E-state index in [1.54, 1.807) is 12.0 Å². The predicted octanol–water partition coefficient (Wildman–Crippen LogP) is 4.92. The topological polar surface area (TPSA) is 67.9 Å². The van der Waals surface area contributed by atoms with Crippen molar-refractivity contribution in [1.29, 1.82) is 0 Å². The van der Waals surface area contributed by atoms with Crippen molar-refractivity contribution >= 4 is 11.8 Å². The van der Waals surface area contributed by atoms with E-state index in [9.17, 15) is 9.59 Å². The fourth-order valence-electron chi connectivity index (χ4n) is 3.47. The quantitative estimate of drug-likeness (QED) is 0.494. The standard InChI is InChI=1S/C27H38N2O4/c1-7-20(5)28-27(31)25(8-2)29(17-21-9-13-23(32-6)14-10-21)26(30)18-33-24-15-11-22(12-16-24)19(3)4/h9-16,19-20,25H,7-8,17-18H2,1-6H3,(H,28,31)/t20-,25+/m1/s1. The molecule has 2 rings (SSSR count). The summed E-state index contributed by atoms with van der Waals surface area (Å²) in [5.41, 5.74) is 2.13. The number of carbonyl (C=O) groups is 2. The lowest BCUT2D eigenvalue weighted by atomic mass is 10.0. The van der Waals surface area contributed by atoms with Crippen LogP contribution in [0.15, 0.2) is 48.5 Å². The Morgan fingerprint density at radius 3 is 2.03 bits per heavy atom. The summed E-state index contributed by atoms with van der Waals surface area (Å²) in [7, 11) is 1.61. The maximum Gasteiger partial charge on any atom is 0.261 e. The summed E-state index contributed by atoms with van der Waals surface area (Å²) in [6, 6.07) is 14.7. The summed E-state index contributed by atoms with van der Waals surface area (Å²) in [4.78, 5) is 27.9. The average molecular weight is 455 g/mol. The highest BCUT2D eigenvalue weighted by atomic mass is 16.5. The van der Waals surface area contributed by atoms with Crippen LogP contribution in [0.25, 0.3) is 0 Å². The molecular formula is C27H38N2O4. The molecule has 0 saturated carbocycles. The third kappa shape index (κ3) is 7.81. The van der Waals surface area contributed by atoms with Gasteiger partial charge in [0.05, 0.1) is 7.11 Å². The first kappa shape index (κ1) is 26.2. The monoisotopic (exact) mass is 454 g/mol. The van der Waals surface area contributed by atoms with E-state index in [2.05, 4.69) is 19.2 Å². The van der Waals surface area contributed by atoms with Gasteiger partial charge in [-0.15, -0.1) is 0 Å². The van der Waals surface area contributed by atoms with Gasteiger partial charge in [-0.1, -0.05) is 52.0 Å². The highest BCUT2D eigenvalue weighted by Crippen LogP contribution is 2.20. The van der Waals surface area contributed by atoms with Crippen molar-refractivity contribution in [2.75, 3.05) is 13.7 Å². The van der Waals surface area contributed by atoms with Crippen LogP contribution in [0.1, 0.15) is 64.5 Å². The van der Waals surface area contributed by atoms with Crippen molar-refractivity contribution in [1.82, 2.24) is 10.2 Å². The van der Waals surface area contributed by atoms with Gasteiger partial charge in [-0.25, -0.2) is 0 Å². The molecule has 0 aliphatic rings. The lowest BCUT2D eigenvalue weighted by Gasteiger charge is -2.31. The summed E-state index contributed by atoms with van der Waals surface area (Å²) < 4.78 is 11.0. The van der Waals surface area contributed by atoms with Gasteiger partial charge in [-0.05, 0) is 61.1 Å². The van der Waals surface area contributed by atoms with Crippen LogP contribution >= 0.6 is 0 Å². The Bertz CT molecular complexity index is 878. The van der Waals surface area contributed by atoms with Gasteiger partial charge in [0, 0.05) is 12.6 Å². The molecular weight excluding hydrogens is 416 g/mol. The number of benzene rings is 2. The van der Waals surface area contributed by atoms with Crippen molar-refractivity contribution in [3.05, 3.63) is 59.7 Å². The average Bonchev–Trinajstić information content (AvgIpc) is 2.82. The van der Waals surface area contributed by atoms with E-state index in [1.165, 1.54) is 5.56 Å². The van der Waals surface area contributed by atoms with Gasteiger partial charge >= 0.3 is 0 Å². The van der Waals surface area contributed by atoms with Crippen LogP contribution in [0, 0.1) is 0 Å². The van der Waals surface area contributed by atoms with Gasteiger partial charge in [0.25, 0.3) is 5.91 Å². The zero-order valence-electron chi connectivity index (χ0n) is 20.8. The zero-order valence-corrected chi connectivity index (χ0v) is 20.8. The molecule has 0 aromatic heterocycles. The van der Waals surface area contributed by atoms with Crippen LogP contribution in [0.3, 0.4) is 0 Å². The summed E-state index contributed by atoms with van der Waals surface area (Å²) in [6.45, 7) is 10.3. The third-order valence-electron chi connectivity index (χ3n) is 5.81. The Balaban J connectivity index is 2.19. The Morgan fingerprint density at radius 2 is 1.52 bits per heavy atom. The molecule has 2 amide bonds. The molecule has 0 aliphatic carbocycles. The van der Waals surface area contributed by atoms with E-state index in [0.29, 0.717) is 24.6 Å². The predicted molar refractivity (Wildman–Crippen MR) is 132 cm³/mol. The van der Waals surface area contributed by atoms with E-state index in [-0.39, 0.29) is 24.5 Å². The van der Waals surface area contributed by atoms with Crippen LogP contribution in [0.5, 0.6) is 11.5 Å². The van der Waals surface area contributed by atoms with Gasteiger partial charge in [-0.2, -0.15) is 0 Å². The molecule has 33 heavy (non-hydrogen) atoms. The highest BCUT2D eigenvalue weighted by molar-refractivity contribution is 5.88. The zero-order chi connectivity index (χ0) is 24.4. The molecule has 2 aromatic rings. The number of methoxy groups -OCH3 is 1. The van der Waals surface area contributed by atoms with Crippen LogP contribution in [0.2, 0.25) is 0 Å². The van der Waals surface area contributed by atoms with Crippen LogP contribution in [-0.4, -0.2) is 42.5 Å². The molecule has 180 valence electrons. The second-order valence-corrected chi connectivity index (χ2v) is 8.62. The van der Waals surface area contributed by atoms with Crippen LogP contribution in [0.4, 0.5) is 0 Å². The number of amides is 2. The Hall–Kier alpha value is -3.02. The van der Waals surface area contributed by atoms with Gasteiger partial charge in [0.15, 0.2) is 6.61 Å². The fraction of sp³-hybridized carbons (Fsp3) is 0.481. The number of hydrogen-bond donors (Lipinski definition) is 1. The summed E-state index contributed by atoms with van der Waals surface area (Å²) >= 11 is 0. The Morgan fingerprint density at radius 1 is 0.909 bits per heavy atom. The maximum absolute atomic E-state index is 13.3. The lowest BCUT2D eigenvalue weighted by molar-refractivity contribution is -0.143. The van der Waals surface area contributed by atoms with Crippen LogP contribution < -0.4 is 14.8 Å². The van der Waals surface area contributed by atoms with E-state index < -0.39 is 6.04 Å². The van der Waals surface area contributed by atoms with E-state index in [0.717, 1.165) is 17.7 Å². The number of hydrogen-bond acceptors (Lipinski definition) is 4. The molecule has 0 spiro atoms. The molecule has 1 N–H and O–H groups in total. The van der Waals surface area contributed by atoms with E-state index >= 15 is 0 Å². The van der Waals surface area contributed by atoms with E-state index in [1.807, 2.05) is 69.3 Å². The molecule has 6 nitrogen and oxygen atoms in total. The van der Waals surface area contributed by atoms with Crippen LogP contribution in [-0.2, 0) is 16.1 Å². The van der Waals surface area contributed by atoms with Crippen molar-refractivity contribution in [2.24, 2.45) is 0 Å². The van der Waals surface area contributed by atoms with Gasteiger partial charge in [-0.3, -0.25) is 9.59 Å². The molecule has 0 heterocycles. The van der Waals surface area contributed by atoms with E-state index in [4.69, 9.17) is 9.47 Å². The number of carbonyl (C=O) groups excluding carboxylic acids is 2. The maximum atomic E-state index is 13.3. The minimum atomic E-state index is -0.583. The lowest BCUT2D eigenvalue weighted by Crippen LogP contribution is -2.51. The van der Waals surface area contributed by atoms with Gasteiger partial charge in [0.2, 0.25) is 5.91 Å². The number of nitrogens with one attached hydrogen (secondary N) is 1. The van der Waals surface area contributed by atoms with Crippen molar-refractivity contribution in [3.8, 4) is 11.5 Å². The second-order valence-electron chi connectivity index (χ2n) is 8.62. The summed E-state index contributed by atoms with van der Waals surface area (Å²) in [5, 5.41) is 3.02. The fourth-order valence-corrected chi connectivity index (χ4v) is 3.47. The molecule has 2 aromatic carbocycles. The first-order valence-electron chi connectivity index (χ1n) is 11.7.